The van der Waals surface area contributed by atoms with Crippen molar-refractivity contribution in [3.05, 3.63) is 102 Å². The molecule has 2 aliphatic heterocycles. The fraction of sp³-hybridized carbons (Fsp3) is 0.289. The molecule has 4 aromatic heterocycles. The number of aryl methyl sites for hydroxylation is 3. The van der Waals surface area contributed by atoms with Gasteiger partial charge in [-0.3, -0.25) is 29.0 Å². The summed E-state index contributed by atoms with van der Waals surface area (Å²) in [6.45, 7) is 8.74. The highest BCUT2D eigenvalue weighted by molar-refractivity contribution is 6.08. The monoisotopic (exact) mass is 868 g/mol. The number of anilines is 4. The molecule has 1 fully saturated rings. The van der Waals surface area contributed by atoms with Crippen LogP contribution in [0.1, 0.15) is 75.1 Å². The second-order valence-electron chi connectivity index (χ2n) is 16.1. The van der Waals surface area contributed by atoms with Crippen molar-refractivity contribution in [3.63, 3.8) is 0 Å². The minimum absolute atomic E-state index is 0.0224. The number of methoxy groups -OCH3 is 1. The predicted octanol–water partition coefficient (Wildman–Crippen LogP) is 5.75. The summed E-state index contributed by atoms with van der Waals surface area (Å²) in [6.07, 6.45) is 9.24. The third-order valence-corrected chi connectivity index (χ3v) is 10.8. The number of hydrogen-bond acceptors (Lipinski definition) is 11. The van der Waals surface area contributed by atoms with Gasteiger partial charge in [-0.25, -0.2) is 4.98 Å². The van der Waals surface area contributed by atoms with Crippen LogP contribution in [0, 0.1) is 0 Å². The normalized spacial score (nSPS) is 14.4. The van der Waals surface area contributed by atoms with E-state index in [2.05, 4.69) is 42.9 Å². The molecule has 19 nitrogen and oxygen atoms in total. The molecule has 1 saturated heterocycles. The third-order valence-electron chi connectivity index (χ3n) is 10.8. The summed E-state index contributed by atoms with van der Waals surface area (Å²) in [5.74, 6) is -0.902. The van der Waals surface area contributed by atoms with E-state index in [1.165, 1.54) is 28.6 Å². The van der Waals surface area contributed by atoms with E-state index in [0.717, 1.165) is 16.6 Å². The number of carbonyl (C=O) groups is 5. The summed E-state index contributed by atoms with van der Waals surface area (Å²) >= 11 is 0. The van der Waals surface area contributed by atoms with Crippen LogP contribution in [-0.2, 0) is 25.9 Å². The van der Waals surface area contributed by atoms with E-state index >= 15 is 0 Å². The van der Waals surface area contributed by atoms with Crippen LogP contribution in [0.3, 0.4) is 0 Å². The van der Waals surface area contributed by atoms with E-state index in [9.17, 15) is 24.0 Å². The highest BCUT2D eigenvalue weighted by atomic mass is 16.5. The van der Waals surface area contributed by atoms with Gasteiger partial charge >= 0.3 is 0 Å². The van der Waals surface area contributed by atoms with Gasteiger partial charge < -0.3 is 49.3 Å². The zero-order valence-corrected chi connectivity index (χ0v) is 36.3. The van der Waals surface area contributed by atoms with Gasteiger partial charge in [0.25, 0.3) is 23.6 Å². The van der Waals surface area contributed by atoms with Gasteiger partial charge in [-0.15, -0.1) is 0 Å². The van der Waals surface area contributed by atoms with E-state index in [1.807, 2.05) is 32.0 Å². The first-order valence-electron chi connectivity index (χ1n) is 20.6. The number of benzene rings is 2. The average Bonchev–Trinajstić information content (AvgIpc) is 4.08. The number of imidazole rings is 1. The fourth-order valence-corrected chi connectivity index (χ4v) is 7.76. The molecule has 2 aromatic carbocycles. The molecule has 330 valence electrons. The molecule has 4 N–H and O–H groups in total. The molecule has 8 rings (SSSR count). The summed E-state index contributed by atoms with van der Waals surface area (Å²) in [5, 5.41) is 16.8. The smallest absolute Gasteiger partial charge is 0.295 e. The Kier molecular flexibility index (Phi) is 11.6. The van der Waals surface area contributed by atoms with Crippen molar-refractivity contribution < 1.29 is 33.4 Å². The number of nitrogens with zero attached hydrogens (tertiary/aromatic N) is 8. The van der Waals surface area contributed by atoms with E-state index in [-0.39, 0.29) is 60.2 Å². The number of amides is 4. The van der Waals surface area contributed by atoms with Crippen LogP contribution in [0.2, 0.25) is 0 Å². The van der Waals surface area contributed by atoms with Gasteiger partial charge in [0.05, 0.1) is 54.1 Å². The largest absolute Gasteiger partial charge is 0.493 e. The van der Waals surface area contributed by atoms with E-state index in [0.29, 0.717) is 64.7 Å². The van der Waals surface area contributed by atoms with Gasteiger partial charge in [-0.2, -0.15) is 9.78 Å². The molecule has 0 unspecified atom stereocenters. The molecule has 0 bridgehead atoms. The average molecular weight is 869 g/mol. The summed E-state index contributed by atoms with van der Waals surface area (Å²) < 4.78 is 17.5. The Morgan fingerprint density at radius 3 is 2.36 bits per heavy atom. The number of fused-ring (bicyclic) bond motifs is 3. The molecule has 2 aliphatic rings. The molecule has 1 atom stereocenters. The number of aliphatic imine (C=N–C) groups is 1. The standard InChI is InChI=1S/C45H48N12O7/c1-25(2)48-28-11-10-27-19-47-57(34(27)14-28)45(62)36-16-30(23-54(36)5)49-42(59)35-15-29(22-53(35)4)50-43(60)41-52-39(24-55(41)6)51-40(58)9-8-12-64-38-18-33-32(17-37(38)63-7)44(61)56-21-26(3)13-31(56)20-46-33/h10-11,14-20,22-25,31,48H,3,8-9,12-13,21H2,1-2,4-7H3,(H,49,59)(H,50,60)(H,51,58)/t31-/m0/s1. The quantitative estimate of drug-likeness (QED) is 0.0769. The lowest BCUT2D eigenvalue weighted by atomic mass is 10.1. The van der Waals surface area contributed by atoms with Crippen LogP contribution in [0.4, 0.5) is 28.6 Å². The van der Waals surface area contributed by atoms with Gasteiger partial charge in [0, 0.05) is 82.1 Å². The second kappa shape index (κ2) is 17.4. The number of aromatic nitrogens is 6. The Balaban J connectivity index is 0.838. The highest BCUT2D eigenvalue weighted by Gasteiger charge is 2.34. The van der Waals surface area contributed by atoms with Gasteiger partial charge in [-0.05, 0) is 63.1 Å². The molecular formula is C45H48N12O7. The van der Waals surface area contributed by atoms with Crippen molar-refractivity contribution in [2.45, 2.75) is 45.2 Å². The van der Waals surface area contributed by atoms with Crippen molar-refractivity contribution in [1.29, 1.82) is 0 Å². The molecule has 0 radical (unpaired) electrons. The lowest BCUT2D eigenvalue weighted by molar-refractivity contribution is -0.116. The number of carbonyl (C=O) groups excluding carboxylic acids is 5. The van der Waals surface area contributed by atoms with Crippen LogP contribution in [0.5, 0.6) is 11.5 Å². The lowest BCUT2D eigenvalue weighted by Gasteiger charge is -2.20. The minimum Gasteiger partial charge on any atom is -0.493 e. The lowest BCUT2D eigenvalue weighted by Crippen LogP contribution is -2.35. The first-order valence-corrected chi connectivity index (χ1v) is 20.6. The SMILES string of the molecule is C=C1C[C@H]2C=Nc3cc(OCCCC(=O)Nc4cn(C)c(C(=O)Nc5cc(C(=O)Nc6cc(C(=O)n7ncc8ccc(NC(C)C)cc87)n(C)c6)n(C)c5)n4)c(OC)cc3C(=O)N2C1. The molecule has 0 aliphatic carbocycles. The molecule has 19 heteroatoms. The van der Waals surface area contributed by atoms with Crippen LogP contribution in [0.15, 0.2) is 84.4 Å². The van der Waals surface area contributed by atoms with Crippen molar-refractivity contribution >= 4 is 75.2 Å². The number of nitrogens with one attached hydrogen (secondary N) is 4. The van der Waals surface area contributed by atoms with Crippen molar-refractivity contribution in [1.82, 2.24) is 33.4 Å². The molecular weight excluding hydrogens is 821 g/mol. The zero-order chi connectivity index (χ0) is 45.4. The van der Waals surface area contributed by atoms with Gasteiger partial charge in [0.2, 0.25) is 11.7 Å². The third kappa shape index (κ3) is 8.72. The van der Waals surface area contributed by atoms with E-state index in [1.54, 1.807) is 78.2 Å². The predicted molar refractivity (Wildman–Crippen MR) is 241 cm³/mol. The second-order valence-corrected chi connectivity index (χ2v) is 16.1. The fourth-order valence-electron chi connectivity index (χ4n) is 7.76. The topological polar surface area (TPSA) is 213 Å². The Morgan fingerprint density at radius 1 is 0.875 bits per heavy atom. The Morgan fingerprint density at radius 2 is 1.61 bits per heavy atom. The van der Waals surface area contributed by atoms with Gasteiger partial charge in [-0.1, -0.05) is 12.2 Å². The summed E-state index contributed by atoms with van der Waals surface area (Å²) in [7, 11) is 6.48. The van der Waals surface area contributed by atoms with Crippen molar-refractivity contribution in [3.8, 4) is 11.5 Å². The van der Waals surface area contributed by atoms with Crippen molar-refractivity contribution in [2.24, 2.45) is 26.1 Å². The van der Waals surface area contributed by atoms with Crippen LogP contribution < -0.4 is 30.7 Å². The van der Waals surface area contributed by atoms with Gasteiger partial charge in [0.1, 0.15) is 11.4 Å². The molecule has 64 heavy (non-hydrogen) atoms. The molecule has 0 saturated carbocycles. The van der Waals surface area contributed by atoms with Crippen LogP contribution >= 0.6 is 0 Å². The molecule has 6 heterocycles. The number of hydrogen-bond donors (Lipinski definition) is 4. The summed E-state index contributed by atoms with van der Waals surface area (Å²) in [6, 6.07) is 12.2. The van der Waals surface area contributed by atoms with E-state index < -0.39 is 11.8 Å². The Labute approximate surface area is 367 Å². The minimum atomic E-state index is -0.565. The van der Waals surface area contributed by atoms with E-state index in [4.69, 9.17) is 9.47 Å². The highest BCUT2D eigenvalue weighted by Crippen LogP contribution is 2.38. The van der Waals surface area contributed by atoms with Crippen LogP contribution in [0.25, 0.3) is 10.9 Å². The Bertz CT molecular complexity index is 2900. The Hall–Kier alpha value is -7.96. The first kappa shape index (κ1) is 42.7. The summed E-state index contributed by atoms with van der Waals surface area (Å²) in [5.41, 5.74) is 4.67. The number of rotatable bonds is 14. The summed E-state index contributed by atoms with van der Waals surface area (Å²) in [4.78, 5) is 77.2. The molecule has 4 amide bonds. The zero-order valence-electron chi connectivity index (χ0n) is 36.3. The molecule has 0 spiro atoms. The maximum Gasteiger partial charge on any atom is 0.295 e. The van der Waals surface area contributed by atoms with Crippen molar-refractivity contribution in [2.75, 3.05) is 41.5 Å². The maximum absolute atomic E-state index is 13.6. The van der Waals surface area contributed by atoms with Gasteiger partial charge in [0.15, 0.2) is 17.3 Å². The number of ether oxygens (including phenoxy) is 2. The maximum atomic E-state index is 13.6. The molecule has 6 aromatic rings. The first-order chi connectivity index (χ1) is 30.6. The van der Waals surface area contributed by atoms with Crippen LogP contribution in [-0.4, -0.2) is 101 Å².